The number of amides is 1. The van der Waals surface area contributed by atoms with Crippen molar-refractivity contribution in [2.24, 2.45) is 0 Å². The highest BCUT2D eigenvalue weighted by Gasteiger charge is 2.15. The molecule has 0 bridgehead atoms. The second-order valence-corrected chi connectivity index (χ2v) is 6.97. The van der Waals surface area contributed by atoms with E-state index < -0.39 is 0 Å². The predicted molar refractivity (Wildman–Crippen MR) is 112 cm³/mol. The molecule has 6 nitrogen and oxygen atoms in total. The number of hydrogen-bond acceptors (Lipinski definition) is 4. The number of pyridine rings is 2. The zero-order valence-electron chi connectivity index (χ0n) is 16.2. The molecule has 0 radical (unpaired) electrons. The van der Waals surface area contributed by atoms with Crippen molar-refractivity contribution in [3.05, 3.63) is 90.1 Å². The minimum atomic E-state index is 0.109. The number of carbonyl (C=O) groups is 1. The van der Waals surface area contributed by atoms with Gasteiger partial charge in [-0.15, -0.1) is 0 Å². The topological polar surface area (TPSA) is 74.8 Å². The molecule has 0 saturated carbocycles. The highest BCUT2D eigenvalue weighted by atomic mass is 16.2. The maximum absolute atomic E-state index is 13.0. The average Bonchev–Trinajstić information content (AvgIpc) is 3.19. The fourth-order valence-electron chi connectivity index (χ4n) is 3.31. The van der Waals surface area contributed by atoms with E-state index in [1.807, 2.05) is 53.6 Å². The molecule has 0 saturated heterocycles. The van der Waals surface area contributed by atoms with Crippen LogP contribution in [0.4, 0.5) is 0 Å². The maximum Gasteiger partial charge on any atom is 0.223 e. The monoisotopic (exact) mass is 385 g/mol. The lowest BCUT2D eigenvalue weighted by atomic mass is 10.1. The van der Waals surface area contributed by atoms with Crippen LogP contribution in [0.2, 0.25) is 0 Å². The van der Waals surface area contributed by atoms with Crippen molar-refractivity contribution in [1.82, 2.24) is 24.8 Å². The number of imidazole rings is 1. The lowest BCUT2D eigenvalue weighted by Gasteiger charge is -2.23. The molecular weight excluding hydrogens is 362 g/mol. The summed E-state index contributed by atoms with van der Waals surface area (Å²) >= 11 is 0. The number of fused-ring (bicyclic) bond motifs is 1. The van der Waals surface area contributed by atoms with Crippen LogP contribution in [-0.4, -0.2) is 37.3 Å². The van der Waals surface area contributed by atoms with E-state index >= 15 is 0 Å². The summed E-state index contributed by atoms with van der Waals surface area (Å²) in [6, 6.07) is 17.9. The lowest BCUT2D eigenvalue weighted by Crippen LogP contribution is -2.32. The second kappa shape index (κ2) is 9.10. The summed E-state index contributed by atoms with van der Waals surface area (Å²) in [6.45, 7) is 1.22. The molecule has 0 spiro atoms. The largest absolute Gasteiger partial charge is 0.341 e. The van der Waals surface area contributed by atoms with Crippen molar-refractivity contribution in [2.75, 3.05) is 6.54 Å². The Hall–Kier alpha value is -3.54. The van der Waals surface area contributed by atoms with Crippen LogP contribution in [0.3, 0.4) is 0 Å². The number of nitrogens with zero attached hydrogens (tertiary/aromatic N) is 4. The number of nitrogens with one attached hydrogen (secondary N) is 1. The van der Waals surface area contributed by atoms with E-state index in [1.165, 1.54) is 5.56 Å². The summed E-state index contributed by atoms with van der Waals surface area (Å²) in [7, 11) is 0. The Morgan fingerprint density at radius 2 is 1.76 bits per heavy atom. The molecule has 1 N–H and O–H groups in total. The smallest absolute Gasteiger partial charge is 0.223 e. The van der Waals surface area contributed by atoms with E-state index in [9.17, 15) is 4.79 Å². The quantitative estimate of drug-likeness (QED) is 0.503. The standard InChI is InChI=1S/C23H23N5O/c29-22(11-10-21-26-20-9-5-14-25-23(20)27-21)28(17-19-8-4-13-24-16-19)15-12-18-6-2-1-3-7-18/h1-9,13-14,16H,10-12,15,17H2,(H,25,26,27). The molecule has 1 aromatic carbocycles. The van der Waals surface area contributed by atoms with Crippen LogP contribution < -0.4 is 0 Å². The van der Waals surface area contributed by atoms with Crippen LogP contribution in [0.1, 0.15) is 23.4 Å². The number of aromatic amines is 1. The van der Waals surface area contributed by atoms with Crippen molar-refractivity contribution in [1.29, 1.82) is 0 Å². The molecule has 6 heteroatoms. The Kier molecular flexibility index (Phi) is 5.90. The maximum atomic E-state index is 13.0. The Bertz CT molecular complexity index is 1030. The van der Waals surface area contributed by atoms with Crippen LogP contribution in [0.15, 0.2) is 73.2 Å². The van der Waals surface area contributed by atoms with Crippen LogP contribution in [0.25, 0.3) is 11.2 Å². The van der Waals surface area contributed by atoms with Gasteiger partial charge in [0, 0.05) is 44.5 Å². The number of hydrogen-bond donors (Lipinski definition) is 1. The molecule has 0 aliphatic heterocycles. The minimum Gasteiger partial charge on any atom is -0.341 e. The van der Waals surface area contributed by atoms with Crippen molar-refractivity contribution < 1.29 is 4.79 Å². The summed E-state index contributed by atoms with van der Waals surface area (Å²) < 4.78 is 0. The Morgan fingerprint density at radius 3 is 2.55 bits per heavy atom. The minimum absolute atomic E-state index is 0.109. The van der Waals surface area contributed by atoms with Gasteiger partial charge in [-0.2, -0.15) is 0 Å². The number of rotatable bonds is 8. The Morgan fingerprint density at radius 1 is 0.931 bits per heavy atom. The molecular formula is C23H23N5O. The number of aryl methyl sites for hydroxylation is 1. The first kappa shape index (κ1) is 18.8. The zero-order chi connectivity index (χ0) is 19.9. The van der Waals surface area contributed by atoms with Crippen LogP contribution >= 0.6 is 0 Å². The van der Waals surface area contributed by atoms with E-state index in [2.05, 4.69) is 32.1 Å². The van der Waals surface area contributed by atoms with Gasteiger partial charge in [0.25, 0.3) is 0 Å². The first-order chi connectivity index (χ1) is 14.3. The highest BCUT2D eigenvalue weighted by molar-refractivity contribution is 5.76. The summed E-state index contributed by atoms with van der Waals surface area (Å²) in [6.07, 6.45) is 7.06. The van der Waals surface area contributed by atoms with E-state index in [-0.39, 0.29) is 5.91 Å². The molecule has 0 aliphatic rings. The molecule has 4 aromatic rings. The fourth-order valence-corrected chi connectivity index (χ4v) is 3.31. The Labute approximate surface area is 169 Å². The molecule has 3 aromatic heterocycles. The van der Waals surface area contributed by atoms with Gasteiger partial charge in [-0.1, -0.05) is 36.4 Å². The molecule has 0 unspecified atom stereocenters. The van der Waals surface area contributed by atoms with Crippen LogP contribution in [-0.2, 0) is 24.2 Å². The second-order valence-electron chi connectivity index (χ2n) is 6.97. The number of aromatic nitrogens is 4. The van der Waals surface area contributed by atoms with E-state index in [4.69, 9.17) is 0 Å². The van der Waals surface area contributed by atoms with Crippen molar-refractivity contribution in [3.8, 4) is 0 Å². The predicted octanol–water partition coefficient (Wildman–Crippen LogP) is 3.56. The van der Waals surface area contributed by atoms with E-state index in [1.54, 1.807) is 12.4 Å². The number of benzene rings is 1. The zero-order valence-corrected chi connectivity index (χ0v) is 16.2. The third-order valence-electron chi connectivity index (χ3n) is 4.84. The molecule has 146 valence electrons. The lowest BCUT2D eigenvalue weighted by molar-refractivity contribution is -0.131. The first-order valence-electron chi connectivity index (χ1n) is 9.78. The van der Waals surface area contributed by atoms with Gasteiger partial charge in [0.2, 0.25) is 5.91 Å². The van der Waals surface area contributed by atoms with Gasteiger partial charge in [-0.25, -0.2) is 9.97 Å². The summed E-state index contributed by atoms with van der Waals surface area (Å²) in [5.74, 6) is 0.898. The normalized spacial score (nSPS) is 10.9. The van der Waals surface area contributed by atoms with Crippen molar-refractivity contribution in [3.63, 3.8) is 0 Å². The van der Waals surface area contributed by atoms with Gasteiger partial charge in [-0.05, 0) is 35.7 Å². The summed E-state index contributed by atoms with van der Waals surface area (Å²) in [5, 5.41) is 0. The van der Waals surface area contributed by atoms with Crippen molar-refractivity contribution >= 4 is 17.1 Å². The molecule has 0 aliphatic carbocycles. The molecule has 29 heavy (non-hydrogen) atoms. The van der Waals surface area contributed by atoms with Gasteiger partial charge < -0.3 is 9.88 Å². The molecule has 4 rings (SSSR count). The number of H-pyrrole nitrogens is 1. The molecule has 0 atom stereocenters. The fraction of sp³-hybridized carbons (Fsp3) is 0.217. The van der Waals surface area contributed by atoms with E-state index in [0.29, 0.717) is 31.6 Å². The SMILES string of the molecule is O=C(CCc1nc2ncccc2[nH]1)N(CCc1ccccc1)Cc1cccnc1. The highest BCUT2D eigenvalue weighted by Crippen LogP contribution is 2.12. The molecule has 3 heterocycles. The van der Waals surface area contributed by atoms with E-state index in [0.717, 1.165) is 23.3 Å². The van der Waals surface area contributed by atoms with Gasteiger partial charge in [0.1, 0.15) is 5.82 Å². The average molecular weight is 385 g/mol. The first-order valence-corrected chi connectivity index (χ1v) is 9.78. The summed E-state index contributed by atoms with van der Waals surface area (Å²) in [5.41, 5.74) is 3.83. The third kappa shape index (κ3) is 5.04. The molecule has 0 fully saturated rings. The van der Waals surface area contributed by atoms with Crippen LogP contribution in [0, 0.1) is 0 Å². The van der Waals surface area contributed by atoms with Gasteiger partial charge in [0.05, 0.1) is 5.52 Å². The summed E-state index contributed by atoms with van der Waals surface area (Å²) in [4.78, 5) is 31.0. The number of carbonyl (C=O) groups excluding carboxylic acids is 1. The van der Waals surface area contributed by atoms with Crippen LogP contribution in [0.5, 0.6) is 0 Å². The van der Waals surface area contributed by atoms with Gasteiger partial charge in [0.15, 0.2) is 5.65 Å². The van der Waals surface area contributed by atoms with Gasteiger partial charge >= 0.3 is 0 Å². The molecule has 1 amide bonds. The van der Waals surface area contributed by atoms with Crippen molar-refractivity contribution in [2.45, 2.75) is 25.8 Å². The Balaban J connectivity index is 1.42. The van der Waals surface area contributed by atoms with Gasteiger partial charge in [-0.3, -0.25) is 9.78 Å². The third-order valence-corrected chi connectivity index (χ3v) is 4.84.